The summed E-state index contributed by atoms with van der Waals surface area (Å²) in [4.78, 5) is -0.378. The topological polar surface area (TPSA) is 64.0 Å². The van der Waals surface area contributed by atoms with Gasteiger partial charge in [-0.15, -0.1) is 0 Å². The molecule has 0 atom stereocenters. The van der Waals surface area contributed by atoms with Gasteiger partial charge < -0.3 is 0 Å². The molecule has 0 radical (unpaired) electrons. The van der Waals surface area contributed by atoms with Gasteiger partial charge in [0.2, 0.25) is 10.0 Å². The molecule has 1 N–H and O–H groups in total. The minimum atomic E-state index is -4.60. The molecule has 0 unspecified atom stereocenters. The number of aryl methyl sites for hydroxylation is 3. The van der Waals surface area contributed by atoms with E-state index < -0.39 is 21.8 Å². The maximum Gasteiger partial charge on any atom is 0.416 e. The van der Waals surface area contributed by atoms with Crippen molar-refractivity contribution in [3.05, 3.63) is 46.3 Å². The van der Waals surface area contributed by atoms with E-state index in [-0.39, 0.29) is 17.0 Å². The first kappa shape index (κ1) is 18.5. The Bertz CT molecular complexity index is 871. The number of aromatic nitrogens is 2. The van der Waals surface area contributed by atoms with Crippen LogP contribution in [0.15, 0.2) is 23.1 Å². The lowest BCUT2D eigenvalue weighted by Gasteiger charge is -2.13. The molecule has 0 spiro atoms. The van der Waals surface area contributed by atoms with E-state index in [1.807, 2.05) is 0 Å². The lowest BCUT2D eigenvalue weighted by molar-refractivity contribution is -0.137. The Morgan fingerprint density at radius 2 is 1.83 bits per heavy atom. The summed E-state index contributed by atoms with van der Waals surface area (Å²) < 4.78 is 67.3. The molecule has 2 rings (SSSR count). The van der Waals surface area contributed by atoms with Crippen molar-refractivity contribution < 1.29 is 21.6 Å². The number of nitrogens with zero attached hydrogens (tertiary/aromatic N) is 2. The molecule has 0 saturated heterocycles. The quantitative estimate of drug-likeness (QED) is 0.911. The first-order valence-electron chi connectivity index (χ1n) is 7.10. The van der Waals surface area contributed by atoms with Gasteiger partial charge in [-0.25, -0.2) is 13.1 Å². The molecule has 1 aromatic heterocycles. The van der Waals surface area contributed by atoms with Crippen LogP contribution in [0.2, 0.25) is 0 Å². The highest BCUT2D eigenvalue weighted by Gasteiger charge is 2.32. The number of rotatable bonds is 4. The molecule has 0 bridgehead atoms. The zero-order chi connectivity index (χ0) is 18.3. The summed E-state index contributed by atoms with van der Waals surface area (Å²) in [6.07, 6.45) is -4.60. The van der Waals surface area contributed by atoms with Crippen LogP contribution in [-0.2, 0) is 29.8 Å². The van der Waals surface area contributed by atoms with Crippen molar-refractivity contribution in [1.29, 1.82) is 0 Å². The molecule has 0 fully saturated rings. The lowest BCUT2D eigenvalue weighted by Crippen LogP contribution is -2.25. The summed E-state index contributed by atoms with van der Waals surface area (Å²) in [7, 11) is -2.35. The smallest absolute Gasteiger partial charge is 0.272 e. The Kier molecular flexibility index (Phi) is 4.78. The zero-order valence-corrected chi connectivity index (χ0v) is 14.5. The van der Waals surface area contributed by atoms with Crippen LogP contribution in [0, 0.1) is 20.8 Å². The molecule has 0 amide bonds. The number of nitrogens with one attached hydrogen (secondary N) is 1. The van der Waals surface area contributed by atoms with Gasteiger partial charge in [-0.1, -0.05) is 6.07 Å². The van der Waals surface area contributed by atoms with Crippen LogP contribution in [0.4, 0.5) is 13.2 Å². The third-order valence-corrected chi connectivity index (χ3v) is 5.45. The van der Waals surface area contributed by atoms with E-state index in [1.54, 1.807) is 25.6 Å². The lowest BCUT2D eigenvalue weighted by atomic mass is 10.1. The number of halogens is 3. The molecule has 1 heterocycles. The van der Waals surface area contributed by atoms with Crippen LogP contribution in [0.3, 0.4) is 0 Å². The van der Waals surface area contributed by atoms with Crippen molar-refractivity contribution in [2.24, 2.45) is 7.05 Å². The molecule has 0 aliphatic carbocycles. The van der Waals surface area contributed by atoms with Gasteiger partial charge in [0.15, 0.2) is 0 Å². The summed E-state index contributed by atoms with van der Waals surface area (Å²) in [5.41, 5.74) is 1.40. The summed E-state index contributed by atoms with van der Waals surface area (Å²) in [6, 6.07) is 2.67. The van der Waals surface area contributed by atoms with Gasteiger partial charge in [-0.3, -0.25) is 4.68 Å². The van der Waals surface area contributed by atoms with E-state index in [0.717, 1.165) is 17.8 Å². The molecule has 1 aromatic carbocycles. The summed E-state index contributed by atoms with van der Waals surface area (Å²) in [5.74, 6) is 0. The monoisotopic (exact) mass is 361 g/mol. The zero-order valence-electron chi connectivity index (χ0n) is 13.7. The Balaban J connectivity index is 2.34. The highest BCUT2D eigenvalue weighted by atomic mass is 32.2. The normalized spacial score (nSPS) is 12.6. The van der Waals surface area contributed by atoms with E-state index in [9.17, 15) is 21.6 Å². The molecule has 132 valence electrons. The Labute approximate surface area is 138 Å². The largest absolute Gasteiger partial charge is 0.416 e. The average molecular weight is 361 g/mol. The van der Waals surface area contributed by atoms with Gasteiger partial charge in [-0.2, -0.15) is 18.3 Å². The average Bonchev–Trinajstić information content (AvgIpc) is 2.69. The van der Waals surface area contributed by atoms with E-state index in [0.29, 0.717) is 17.3 Å². The van der Waals surface area contributed by atoms with Crippen LogP contribution in [0.25, 0.3) is 0 Å². The minimum Gasteiger partial charge on any atom is -0.272 e. The maximum atomic E-state index is 12.8. The highest BCUT2D eigenvalue weighted by molar-refractivity contribution is 7.89. The van der Waals surface area contributed by atoms with Crippen LogP contribution in [0.1, 0.15) is 28.1 Å². The van der Waals surface area contributed by atoms with Gasteiger partial charge in [0, 0.05) is 24.8 Å². The summed E-state index contributed by atoms with van der Waals surface area (Å²) in [5, 5.41) is 4.18. The number of sulfonamides is 1. The van der Waals surface area contributed by atoms with Crippen molar-refractivity contribution in [3.63, 3.8) is 0 Å². The van der Waals surface area contributed by atoms with Crippen molar-refractivity contribution in [2.45, 2.75) is 38.4 Å². The molecule has 0 aliphatic heterocycles. The van der Waals surface area contributed by atoms with Crippen LogP contribution >= 0.6 is 0 Å². The Morgan fingerprint density at radius 3 is 2.33 bits per heavy atom. The van der Waals surface area contributed by atoms with Gasteiger partial charge in [0.05, 0.1) is 16.2 Å². The second-order valence-electron chi connectivity index (χ2n) is 5.58. The predicted molar refractivity (Wildman–Crippen MR) is 82.9 cm³/mol. The Hall–Kier alpha value is -1.87. The van der Waals surface area contributed by atoms with Crippen molar-refractivity contribution in [1.82, 2.24) is 14.5 Å². The molecule has 24 heavy (non-hydrogen) atoms. The fourth-order valence-corrected chi connectivity index (χ4v) is 3.65. The standard InChI is InChI=1S/C15H18F3N3O2S/c1-9-5-6-12(15(16,17)18)7-14(9)24(22,23)19-8-13-10(2)20-21(4)11(13)3/h5-7,19H,8H2,1-4H3. The molecular weight excluding hydrogens is 343 g/mol. The van der Waals surface area contributed by atoms with E-state index in [2.05, 4.69) is 9.82 Å². The number of benzene rings is 1. The number of alkyl halides is 3. The van der Waals surface area contributed by atoms with Gasteiger partial charge in [-0.05, 0) is 38.5 Å². The molecule has 2 aromatic rings. The van der Waals surface area contributed by atoms with Gasteiger partial charge in [0.1, 0.15) is 0 Å². The van der Waals surface area contributed by atoms with Crippen LogP contribution in [-0.4, -0.2) is 18.2 Å². The van der Waals surface area contributed by atoms with Crippen molar-refractivity contribution >= 4 is 10.0 Å². The van der Waals surface area contributed by atoms with Crippen LogP contribution < -0.4 is 4.72 Å². The molecular formula is C15H18F3N3O2S. The third kappa shape index (κ3) is 3.62. The molecule has 9 heteroatoms. The minimum absolute atomic E-state index is 0.0382. The predicted octanol–water partition coefficient (Wildman–Crippen LogP) is 2.84. The Morgan fingerprint density at radius 1 is 1.21 bits per heavy atom. The fraction of sp³-hybridized carbons (Fsp3) is 0.400. The molecule has 0 saturated carbocycles. The van der Waals surface area contributed by atoms with Gasteiger partial charge in [0.25, 0.3) is 0 Å². The first-order chi connectivity index (χ1) is 10.9. The molecule has 0 aliphatic rings. The maximum absolute atomic E-state index is 12.8. The second-order valence-corrected chi connectivity index (χ2v) is 7.31. The number of hydrogen-bond acceptors (Lipinski definition) is 3. The number of hydrogen-bond donors (Lipinski definition) is 1. The van der Waals surface area contributed by atoms with Crippen molar-refractivity contribution in [2.75, 3.05) is 0 Å². The fourth-order valence-electron chi connectivity index (χ4n) is 2.38. The summed E-state index contributed by atoms with van der Waals surface area (Å²) in [6.45, 7) is 4.95. The van der Waals surface area contributed by atoms with E-state index in [4.69, 9.17) is 0 Å². The van der Waals surface area contributed by atoms with Crippen LogP contribution in [0.5, 0.6) is 0 Å². The molecule has 5 nitrogen and oxygen atoms in total. The first-order valence-corrected chi connectivity index (χ1v) is 8.58. The van der Waals surface area contributed by atoms with E-state index in [1.165, 1.54) is 6.92 Å². The third-order valence-electron chi connectivity index (χ3n) is 3.90. The second kappa shape index (κ2) is 6.21. The van der Waals surface area contributed by atoms with Gasteiger partial charge >= 0.3 is 6.18 Å². The van der Waals surface area contributed by atoms with Crippen molar-refractivity contribution in [3.8, 4) is 0 Å². The van der Waals surface area contributed by atoms with E-state index >= 15 is 0 Å². The highest BCUT2D eigenvalue weighted by Crippen LogP contribution is 2.31. The summed E-state index contributed by atoms with van der Waals surface area (Å²) >= 11 is 0. The SMILES string of the molecule is Cc1ccc(C(F)(F)F)cc1S(=O)(=O)NCc1c(C)nn(C)c1C.